The summed E-state index contributed by atoms with van der Waals surface area (Å²) in [5.74, 6) is 0. The summed E-state index contributed by atoms with van der Waals surface area (Å²) in [6, 6.07) is 15.6. The maximum Gasteiger partial charge on any atom is 0.416 e. The molecule has 0 saturated heterocycles. The Morgan fingerprint density at radius 3 is 2.24 bits per heavy atom. The molecule has 0 unspecified atom stereocenters. The van der Waals surface area contributed by atoms with E-state index in [0.717, 1.165) is 19.2 Å². The molecule has 0 fully saturated rings. The van der Waals surface area contributed by atoms with Crippen LogP contribution in [0, 0.1) is 0 Å². The van der Waals surface area contributed by atoms with Crippen LogP contribution in [0.4, 0.5) is 13.2 Å². The third kappa shape index (κ3) is 4.90. The van der Waals surface area contributed by atoms with E-state index in [4.69, 9.17) is 0 Å². The second-order valence-corrected chi connectivity index (χ2v) is 5.17. The number of alkyl halides is 3. The molecule has 0 atom stereocenters. The molecule has 2 aromatic rings. The molecular weight excluding hydrogens is 275 g/mol. The predicted molar refractivity (Wildman–Crippen MR) is 77.9 cm³/mol. The van der Waals surface area contributed by atoms with E-state index < -0.39 is 11.7 Å². The molecule has 2 aromatic carbocycles. The number of benzene rings is 2. The van der Waals surface area contributed by atoms with Gasteiger partial charge >= 0.3 is 6.18 Å². The molecule has 0 radical (unpaired) electrons. The Morgan fingerprint density at radius 2 is 1.57 bits per heavy atom. The molecule has 0 amide bonds. The van der Waals surface area contributed by atoms with Crippen LogP contribution in [-0.4, -0.2) is 18.5 Å². The van der Waals surface area contributed by atoms with Crippen molar-refractivity contribution in [1.29, 1.82) is 0 Å². The molecule has 0 spiro atoms. The molecule has 0 N–H and O–H groups in total. The van der Waals surface area contributed by atoms with Gasteiger partial charge in [-0.3, -0.25) is 0 Å². The molecular formula is C17H18F3N. The van der Waals surface area contributed by atoms with E-state index >= 15 is 0 Å². The van der Waals surface area contributed by atoms with Gasteiger partial charge in [-0.1, -0.05) is 48.5 Å². The van der Waals surface area contributed by atoms with E-state index in [2.05, 4.69) is 4.90 Å². The van der Waals surface area contributed by atoms with Crippen LogP contribution in [0.25, 0.3) is 0 Å². The number of halogens is 3. The van der Waals surface area contributed by atoms with Crippen molar-refractivity contribution in [2.24, 2.45) is 0 Å². The van der Waals surface area contributed by atoms with Crippen molar-refractivity contribution in [1.82, 2.24) is 4.90 Å². The van der Waals surface area contributed by atoms with Crippen molar-refractivity contribution in [2.75, 3.05) is 13.6 Å². The smallest absolute Gasteiger partial charge is 0.302 e. The van der Waals surface area contributed by atoms with Gasteiger partial charge in [0, 0.05) is 13.1 Å². The topological polar surface area (TPSA) is 3.24 Å². The quantitative estimate of drug-likeness (QED) is 0.790. The number of rotatable bonds is 5. The Balaban J connectivity index is 1.91. The summed E-state index contributed by atoms with van der Waals surface area (Å²) in [5.41, 5.74) is 1.33. The van der Waals surface area contributed by atoms with Crippen LogP contribution >= 0.6 is 0 Å². The fourth-order valence-corrected chi connectivity index (χ4v) is 2.20. The largest absolute Gasteiger partial charge is 0.416 e. The highest BCUT2D eigenvalue weighted by atomic mass is 19.4. The zero-order valence-corrected chi connectivity index (χ0v) is 11.9. The Kier molecular flexibility index (Phi) is 5.02. The fourth-order valence-electron chi connectivity index (χ4n) is 2.20. The molecule has 0 bridgehead atoms. The fraction of sp³-hybridized carbons (Fsp3) is 0.294. The molecule has 0 aliphatic carbocycles. The summed E-state index contributed by atoms with van der Waals surface area (Å²) in [7, 11) is 1.97. The summed E-state index contributed by atoms with van der Waals surface area (Å²) >= 11 is 0. The minimum Gasteiger partial charge on any atom is -0.302 e. The normalized spacial score (nSPS) is 11.9. The van der Waals surface area contributed by atoms with Crippen molar-refractivity contribution in [3.8, 4) is 0 Å². The maximum atomic E-state index is 12.6. The monoisotopic (exact) mass is 293 g/mol. The second kappa shape index (κ2) is 6.76. The lowest BCUT2D eigenvalue weighted by molar-refractivity contribution is -0.137. The first kappa shape index (κ1) is 15.6. The first-order valence-electron chi connectivity index (χ1n) is 6.84. The van der Waals surface area contributed by atoms with Gasteiger partial charge in [0.1, 0.15) is 0 Å². The SMILES string of the molecule is CN(CCc1cccc(C(F)(F)F)c1)Cc1ccccc1. The van der Waals surface area contributed by atoms with Crippen LogP contribution in [0.15, 0.2) is 54.6 Å². The van der Waals surface area contributed by atoms with E-state index in [-0.39, 0.29) is 0 Å². The second-order valence-electron chi connectivity index (χ2n) is 5.17. The lowest BCUT2D eigenvalue weighted by atomic mass is 10.1. The average Bonchev–Trinajstić information content (AvgIpc) is 2.46. The highest BCUT2D eigenvalue weighted by molar-refractivity contribution is 5.26. The van der Waals surface area contributed by atoms with E-state index in [1.54, 1.807) is 6.07 Å². The predicted octanol–water partition coefficient (Wildman–Crippen LogP) is 4.38. The molecule has 0 aliphatic rings. The highest BCUT2D eigenvalue weighted by Crippen LogP contribution is 2.29. The zero-order chi connectivity index (χ0) is 15.3. The highest BCUT2D eigenvalue weighted by Gasteiger charge is 2.30. The van der Waals surface area contributed by atoms with Gasteiger partial charge in [-0.15, -0.1) is 0 Å². The van der Waals surface area contributed by atoms with Gasteiger partial charge in [0.05, 0.1) is 5.56 Å². The zero-order valence-electron chi connectivity index (χ0n) is 11.9. The molecule has 21 heavy (non-hydrogen) atoms. The van der Waals surface area contributed by atoms with Crippen LogP contribution < -0.4 is 0 Å². The van der Waals surface area contributed by atoms with E-state index in [0.29, 0.717) is 12.0 Å². The van der Waals surface area contributed by atoms with Crippen molar-refractivity contribution < 1.29 is 13.2 Å². The van der Waals surface area contributed by atoms with Crippen LogP contribution in [0.2, 0.25) is 0 Å². The summed E-state index contributed by atoms with van der Waals surface area (Å²) in [5, 5.41) is 0. The first-order valence-corrected chi connectivity index (χ1v) is 6.84. The minimum absolute atomic E-state index is 0.578. The van der Waals surface area contributed by atoms with E-state index in [1.165, 1.54) is 17.7 Å². The van der Waals surface area contributed by atoms with Crippen LogP contribution in [0.1, 0.15) is 16.7 Å². The van der Waals surface area contributed by atoms with Gasteiger partial charge in [-0.2, -0.15) is 13.2 Å². The van der Waals surface area contributed by atoms with Crippen LogP contribution in [-0.2, 0) is 19.1 Å². The van der Waals surface area contributed by atoms with Crippen LogP contribution in [0.3, 0.4) is 0 Å². The summed E-state index contributed by atoms with van der Waals surface area (Å²) in [4.78, 5) is 2.11. The third-order valence-electron chi connectivity index (χ3n) is 3.33. The first-order chi connectivity index (χ1) is 9.95. The van der Waals surface area contributed by atoms with Gasteiger partial charge in [-0.25, -0.2) is 0 Å². The Bertz CT molecular complexity index is 564. The number of nitrogens with zero attached hydrogens (tertiary/aromatic N) is 1. The molecule has 0 heterocycles. The summed E-state index contributed by atoms with van der Waals surface area (Å²) < 4.78 is 37.9. The van der Waals surface area contributed by atoms with Crippen molar-refractivity contribution in [3.63, 3.8) is 0 Å². The standard InChI is InChI=1S/C17H18F3N/c1-21(13-15-6-3-2-4-7-15)11-10-14-8-5-9-16(12-14)17(18,19)20/h2-9,12H,10-11,13H2,1H3. The van der Waals surface area contributed by atoms with Crippen molar-refractivity contribution in [3.05, 3.63) is 71.3 Å². The number of hydrogen-bond acceptors (Lipinski definition) is 1. The number of likely N-dealkylation sites (N-methyl/N-ethyl adjacent to an activating group) is 1. The lowest BCUT2D eigenvalue weighted by Crippen LogP contribution is -2.20. The Labute approximate surface area is 123 Å². The Morgan fingerprint density at radius 1 is 0.905 bits per heavy atom. The van der Waals surface area contributed by atoms with Gasteiger partial charge < -0.3 is 4.90 Å². The van der Waals surface area contributed by atoms with Gasteiger partial charge in [0.25, 0.3) is 0 Å². The average molecular weight is 293 g/mol. The summed E-state index contributed by atoms with van der Waals surface area (Å²) in [6.07, 6.45) is -3.67. The Hall–Kier alpha value is -1.81. The van der Waals surface area contributed by atoms with Crippen molar-refractivity contribution in [2.45, 2.75) is 19.1 Å². The lowest BCUT2D eigenvalue weighted by Gasteiger charge is -2.17. The molecule has 4 heteroatoms. The van der Waals surface area contributed by atoms with Crippen LogP contribution in [0.5, 0.6) is 0 Å². The van der Waals surface area contributed by atoms with E-state index in [1.807, 2.05) is 37.4 Å². The molecule has 1 nitrogen and oxygen atoms in total. The van der Waals surface area contributed by atoms with Gasteiger partial charge in [-0.05, 0) is 30.7 Å². The van der Waals surface area contributed by atoms with Crippen molar-refractivity contribution >= 4 is 0 Å². The number of hydrogen-bond donors (Lipinski definition) is 0. The molecule has 112 valence electrons. The molecule has 0 saturated carbocycles. The maximum absolute atomic E-state index is 12.6. The third-order valence-corrected chi connectivity index (χ3v) is 3.33. The molecule has 0 aliphatic heterocycles. The summed E-state index contributed by atoms with van der Waals surface area (Å²) in [6.45, 7) is 1.51. The molecule has 2 rings (SSSR count). The van der Waals surface area contributed by atoms with E-state index in [9.17, 15) is 13.2 Å². The minimum atomic E-state index is -4.27. The van der Waals surface area contributed by atoms with Gasteiger partial charge in [0.2, 0.25) is 0 Å². The molecule has 0 aromatic heterocycles. The van der Waals surface area contributed by atoms with Gasteiger partial charge in [0.15, 0.2) is 0 Å².